The summed E-state index contributed by atoms with van der Waals surface area (Å²) in [4.78, 5) is 0. The van der Waals surface area contributed by atoms with Gasteiger partial charge in [-0.2, -0.15) is 0 Å². The fourth-order valence-corrected chi connectivity index (χ4v) is 4.22. The molecule has 10 heavy (non-hydrogen) atoms. The SMILES string of the molecule is O=S1C2CCCCC1CC2. The van der Waals surface area contributed by atoms with Crippen molar-refractivity contribution in [1.29, 1.82) is 0 Å². The highest BCUT2D eigenvalue weighted by atomic mass is 32.2. The number of fused-ring (bicyclic) bond motifs is 2. The molecular weight excluding hydrogens is 144 g/mol. The van der Waals surface area contributed by atoms with Crippen molar-refractivity contribution >= 4 is 10.8 Å². The Hall–Kier alpha value is 0.150. The number of hydrogen-bond donors (Lipinski definition) is 0. The first-order valence-corrected chi connectivity index (χ1v) is 5.55. The molecule has 2 atom stereocenters. The minimum absolute atomic E-state index is 0.436. The lowest BCUT2D eigenvalue weighted by molar-refractivity contribution is 0.556. The number of rotatable bonds is 0. The molecule has 0 aromatic rings. The van der Waals surface area contributed by atoms with Crippen LogP contribution < -0.4 is 0 Å². The minimum Gasteiger partial charge on any atom is -0.259 e. The van der Waals surface area contributed by atoms with Gasteiger partial charge >= 0.3 is 0 Å². The van der Waals surface area contributed by atoms with Crippen molar-refractivity contribution in [1.82, 2.24) is 0 Å². The van der Waals surface area contributed by atoms with Gasteiger partial charge in [0, 0.05) is 21.3 Å². The van der Waals surface area contributed by atoms with Gasteiger partial charge in [0.2, 0.25) is 0 Å². The van der Waals surface area contributed by atoms with Crippen LogP contribution in [0, 0.1) is 0 Å². The molecule has 0 amide bonds. The summed E-state index contributed by atoms with van der Waals surface area (Å²) < 4.78 is 11.5. The zero-order chi connectivity index (χ0) is 6.97. The monoisotopic (exact) mass is 158 g/mol. The van der Waals surface area contributed by atoms with Crippen LogP contribution in [0.4, 0.5) is 0 Å². The lowest BCUT2D eigenvalue weighted by atomic mass is 10.0. The summed E-state index contributed by atoms with van der Waals surface area (Å²) in [7, 11) is -0.436. The highest BCUT2D eigenvalue weighted by molar-refractivity contribution is 7.86. The molecule has 2 aliphatic rings. The van der Waals surface area contributed by atoms with Crippen LogP contribution in [0.3, 0.4) is 0 Å². The fourth-order valence-electron chi connectivity index (χ4n) is 2.14. The maximum absolute atomic E-state index is 11.5. The van der Waals surface area contributed by atoms with Gasteiger partial charge < -0.3 is 0 Å². The molecule has 2 bridgehead atoms. The third kappa shape index (κ3) is 1.03. The van der Waals surface area contributed by atoms with Gasteiger partial charge in [0.15, 0.2) is 0 Å². The molecule has 0 spiro atoms. The summed E-state index contributed by atoms with van der Waals surface area (Å²) in [6.45, 7) is 0. The van der Waals surface area contributed by atoms with Crippen LogP contribution in [0.1, 0.15) is 38.5 Å². The molecule has 2 rings (SSSR count). The van der Waals surface area contributed by atoms with E-state index < -0.39 is 10.8 Å². The Labute approximate surface area is 64.7 Å². The van der Waals surface area contributed by atoms with E-state index in [1.165, 1.54) is 38.5 Å². The van der Waals surface area contributed by atoms with Gasteiger partial charge in [-0.15, -0.1) is 0 Å². The van der Waals surface area contributed by atoms with Crippen molar-refractivity contribution < 1.29 is 4.21 Å². The van der Waals surface area contributed by atoms with Crippen LogP contribution in [-0.2, 0) is 10.8 Å². The normalized spacial score (nSPS) is 47.0. The lowest BCUT2D eigenvalue weighted by Crippen LogP contribution is -2.11. The van der Waals surface area contributed by atoms with Crippen molar-refractivity contribution in [2.24, 2.45) is 0 Å². The molecule has 0 aliphatic carbocycles. The topological polar surface area (TPSA) is 17.1 Å². The molecule has 1 nitrogen and oxygen atoms in total. The third-order valence-electron chi connectivity index (χ3n) is 2.77. The zero-order valence-corrected chi connectivity index (χ0v) is 7.03. The van der Waals surface area contributed by atoms with Crippen molar-refractivity contribution in [3.63, 3.8) is 0 Å². The third-order valence-corrected chi connectivity index (χ3v) is 5.03. The molecule has 0 aromatic carbocycles. The van der Waals surface area contributed by atoms with Crippen molar-refractivity contribution in [3.05, 3.63) is 0 Å². The quantitative estimate of drug-likeness (QED) is 0.525. The molecule has 0 N–H and O–H groups in total. The van der Waals surface area contributed by atoms with Crippen molar-refractivity contribution in [2.45, 2.75) is 49.0 Å². The molecule has 2 saturated heterocycles. The van der Waals surface area contributed by atoms with Crippen LogP contribution in [0.2, 0.25) is 0 Å². The van der Waals surface area contributed by atoms with E-state index in [-0.39, 0.29) is 0 Å². The summed E-state index contributed by atoms with van der Waals surface area (Å²) in [5, 5.41) is 1.18. The Morgan fingerprint density at radius 3 is 1.90 bits per heavy atom. The Morgan fingerprint density at radius 1 is 0.900 bits per heavy atom. The van der Waals surface area contributed by atoms with Crippen molar-refractivity contribution in [2.75, 3.05) is 0 Å². The van der Waals surface area contributed by atoms with Crippen LogP contribution >= 0.6 is 0 Å². The molecule has 2 heterocycles. The standard InChI is InChI=1S/C8H14OS/c9-10-7-3-1-2-4-8(10)6-5-7/h7-8H,1-6H2. The van der Waals surface area contributed by atoms with Crippen LogP contribution in [-0.4, -0.2) is 14.7 Å². The predicted molar refractivity (Wildman–Crippen MR) is 43.4 cm³/mol. The average Bonchev–Trinajstić information content (AvgIpc) is 2.06. The molecular formula is C8H14OS. The number of hydrogen-bond acceptors (Lipinski definition) is 1. The van der Waals surface area contributed by atoms with Gasteiger partial charge in [0.25, 0.3) is 0 Å². The molecule has 0 saturated carbocycles. The Balaban J connectivity index is 2.14. The Kier molecular flexibility index (Phi) is 1.81. The van der Waals surface area contributed by atoms with E-state index in [0.29, 0.717) is 10.5 Å². The molecule has 2 unspecified atom stereocenters. The van der Waals surface area contributed by atoms with Gasteiger partial charge in [0.1, 0.15) is 0 Å². The van der Waals surface area contributed by atoms with E-state index in [9.17, 15) is 4.21 Å². The Morgan fingerprint density at radius 2 is 1.40 bits per heavy atom. The van der Waals surface area contributed by atoms with E-state index in [1.54, 1.807) is 0 Å². The predicted octanol–water partition coefficient (Wildman–Crippen LogP) is 1.84. The summed E-state index contributed by atoms with van der Waals surface area (Å²) in [5.74, 6) is 0. The average molecular weight is 158 g/mol. The van der Waals surface area contributed by atoms with Gasteiger partial charge in [0.05, 0.1) is 0 Å². The molecule has 0 radical (unpaired) electrons. The molecule has 0 aromatic heterocycles. The first-order chi connectivity index (χ1) is 4.88. The smallest absolute Gasteiger partial charge is 0.0351 e. The maximum atomic E-state index is 11.5. The summed E-state index contributed by atoms with van der Waals surface area (Å²) in [5.41, 5.74) is 0. The second kappa shape index (κ2) is 2.65. The summed E-state index contributed by atoms with van der Waals surface area (Å²) in [6.07, 6.45) is 7.63. The van der Waals surface area contributed by atoms with E-state index in [2.05, 4.69) is 0 Å². The first-order valence-electron chi connectivity index (χ1n) is 4.27. The lowest BCUT2D eigenvalue weighted by Gasteiger charge is -2.03. The van der Waals surface area contributed by atoms with Gasteiger partial charge in [-0.25, -0.2) is 0 Å². The largest absolute Gasteiger partial charge is 0.259 e. The van der Waals surface area contributed by atoms with Gasteiger partial charge in [-0.05, 0) is 25.7 Å². The first kappa shape index (κ1) is 6.84. The maximum Gasteiger partial charge on any atom is 0.0351 e. The van der Waals surface area contributed by atoms with E-state index in [4.69, 9.17) is 0 Å². The fraction of sp³-hybridized carbons (Fsp3) is 1.00. The Bertz CT molecular complexity index is 139. The van der Waals surface area contributed by atoms with E-state index in [0.717, 1.165) is 0 Å². The van der Waals surface area contributed by atoms with E-state index in [1.807, 2.05) is 0 Å². The minimum atomic E-state index is -0.436. The molecule has 2 heteroatoms. The molecule has 2 aliphatic heterocycles. The van der Waals surface area contributed by atoms with Gasteiger partial charge in [-0.1, -0.05) is 12.8 Å². The second-order valence-corrected chi connectivity index (χ2v) is 5.42. The van der Waals surface area contributed by atoms with Crippen molar-refractivity contribution in [3.8, 4) is 0 Å². The zero-order valence-electron chi connectivity index (χ0n) is 6.21. The van der Waals surface area contributed by atoms with Crippen LogP contribution in [0.25, 0.3) is 0 Å². The van der Waals surface area contributed by atoms with Gasteiger partial charge in [-0.3, -0.25) is 4.21 Å². The van der Waals surface area contributed by atoms with Crippen LogP contribution in [0.15, 0.2) is 0 Å². The summed E-state index contributed by atoms with van der Waals surface area (Å²) in [6, 6.07) is 0. The highest BCUT2D eigenvalue weighted by Crippen LogP contribution is 2.33. The van der Waals surface area contributed by atoms with E-state index >= 15 is 0 Å². The highest BCUT2D eigenvalue weighted by Gasteiger charge is 2.33. The van der Waals surface area contributed by atoms with Crippen LogP contribution in [0.5, 0.6) is 0 Å². The molecule has 2 fully saturated rings. The molecule has 58 valence electrons. The second-order valence-electron chi connectivity index (χ2n) is 3.43. The summed E-state index contributed by atoms with van der Waals surface area (Å²) >= 11 is 0.